The van der Waals surface area contributed by atoms with Crippen LogP contribution in [0, 0.1) is 6.92 Å². The minimum absolute atomic E-state index is 0.312. The molecule has 16 heavy (non-hydrogen) atoms. The van der Waals surface area contributed by atoms with Gasteiger partial charge >= 0.3 is 0 Å². The Morgan fingerprint density at radius 2 is 2.00 bits per heavy atom. The molecule has 0 aliphatic carbocycles. The van der Waals surface area contributed by atoms with Gasteiger partial charge in [0.15, 0.2) is 0 Å². The van der Waals surface area contributed by atoms with Gasteiger partial charge < -0.3 is 15.5 Å². The molecule has 1 aromatic carbocycles. The van der Waals surface area contributed by atoms with Gasteiger partial charge in [-0.2, -0.15) is 0 Å². The van der Waals surface area contributed by atoms with E-state index in [1.165, 1.54) is 0 Å². The number of aliphatic hydroxyl groups is 1. The highest BCUT2D eigenvalue weighted by molar-refractivity contribution is 9.10. The third-order valence-corrected chi connectivity index (χ3v) is 2.68. The number of rotatable bonds is 4. The molecule has 3 N–H and O–H groups in total. The van der Waals surface area contributed by atoms with Gasteiger partial charge in [0.2, 0.25) is 0 Å². The molecule has 4 heteroatoms. The summed E-state index contributed by atoms with van der Waals surface area (Å²) in [5.74, 6) is 0.312. The summed E-state index contributed by atoms with van der Waals surface area (Å²) in [7, 11) is 0. The topological polar surface area (TPSA) is 52.5 Å². The summed E-state index contributed by atoms with van der Waals surface area (Å²) in [5, 5.41) is 22.5. The van der Waals surface area contributed by atoms with Gasteiger partial charge in [-0.1, -0.05) is 15.9 Å². The SMILES string of the molecule is Cc1cc(Br)cc(CNCC(C)(C)O)c1O. The van der Waals surface area contributed by atoms with Crippen LogP contribution in [0.25, 0.3) is 0 Å². The van der Waals surface area contributed by atoms with Gasteiger partial charge in [-0.05, 0) is 38.5 Å². The minimum Gasteiger partial charge on any atom is -0.507 e. The third-order valence-electron chi connectivity index (χ3n) is 2.22. The number of nitrogens with one attached hydrogen (secondary N) is 1. The van der Waals surface area contributed by atoms with Crippen LogP contribution in [-0.2, 0) is 6.54 Å². The van der Waals surface area contributed by atoms with Crippen molar-refractivity contribution in [3.05, 3.63) is 27.7 Å². The van der Waals surface area contributed by atoms with Crippen LogP contribution in [0.1, 0.15) is 25.0 Å². The maximum absolute atomic E-state index is 9.83. The highest BCUT2D eigenvalue weighted by Gasteiger charge is 2.12. The van der Waals surface area contributed by atoms with Crippen molar-refractivity contribution in [2.24, 2.45) is 0 Å². The molecule has 0 aliphatic heterocycles. The number of hydrogen-bond donors (Lipinski definition) is 3. The van der Waals surface area contributed by atoms with Gasteiger partial charge in [-0.3, -0.25) is 0 Å². The van der Waals surface area contributed by atoms with E-state index in [0.717, 1.165) is 15.6 Å². The summed E-state index contributed by atoms with van der Waals surface area (Å²) in [4.78, 5) is 0. The van der Waals surface area contributed by atoms with Crippen LogP contribution in [0.3, 0.4) is 0 Å². The molecule has 1 aromatic rings. The largest absolute Gasteiger partial charge is 0.507 e. The predicted molar refractivity (Wildman–Crippen MR) is 68.5 cm³/mol. The normalized spacial score (nSPS) is 11.8. The first kappa shape index (κ1) is 13.5. The molecule has 0 unspecified atom stereocenters. The number of phenolic OH excluding ortho intramolecular Hbond substituents is 1. The molecule has 0 heterocycles. The van der Waals surface area contributed by atoms with Crippen molar-refractivity contribution >= 4 is 15.9 Å². The lowest BCUT2D eigenvalue weighted by Gasteiger charge is -2.18. The Balaban J connectivity index is 2.67. The van der Waals surface area contributed by atoms with Crippen molar-refractivity contribution in [2.75, 3.05) is 6.54 Å². The lowest BCUT2D eigenvalue weighted by molar-refractivity contribution is 0.0794. The number of benzene rings is 1. The summed E-state index contributed by atoms with van der Waals surface area (Å²) < 4.78 is 0.947. The molecule has 0 aliphatic rings. The van der Waals surface area contributed by atoms with Gasteiger partial charge in [0.05, 0.1) is 5.60 Å². The Kier molecular flexibility index (Phi) is 4.35. The van der Waals surface area contributed by atoms with E-state index >= 15 is 0 Å². The monoisotopic (exact) mass is 287 g/mol. The van der Waals surface area contributed by atoms with Crippen LogP contribution >= 0.6 is 15.9 Å². The molecule has 0 amide bonds. The molecule has 90 valence electrons. The van der Waals surface area contributed by atoms with E-state index in [0.29, 0.717) is 18.8 Å². The molecule has 0 atom stereocenters. The lowest BCUT2D eigenvalue weighted by Crippen LogP contribution is -2.34. The fourth-order valence-corrected chi connectivity index (χ4v) is 2.06. The van der Waals surface area contributed by atoms with E-state index in [1.807, 2.05) is 19.1 Å². The van der Waals surface area contributed by atoms with E-state index < -0.39 is 5.60 Å². The molecule has 0 radical (unpaired) electrons. The van der Waals surface area contributed by atoms with E-state index in [4.69, 9.17) is 0 Å². The molecular weight excluding hydrogens is 270 g/mol. The molecule has 0 fully saturated rings. The van der Waals surface area contributed by atoms with Crippen LogP contribution in [0.5, 0.6) is 5.75 Å². The number of aromatic hydroxyl groups is 1. The summed E-state index contributed by atoms with van der Waals surface area (Å²) in [6, 6.07) is 3.74. The molecular formula is C12H18BrNO2. The maximum atomic E-state index is 9.83. The molecule has 1 rings (SSSR count). The zero-order chi connectivity index (χ0) is 12.3. The fourth-order valence-electron chi connectivity index (χ4n) is 1.44. The van der Waals surface area contributed by atoms with E-state index in [1.54, 1.807) is 13.8 Å². The smallest absolute Gasteiger partial charge is 0.123 e. The van der Waals surface area contributed by atoms with Gasteiger partial charge in [-0.25, -0.2) is 0 Å². The molecule has 0 saturated heterocycles. The average molecular weight is 288 g/mol. The molecule has 0 bridgehead atoms. The van der Waals surface area contributed by atoms with E-state index in [2.05, 4.69) is 21.2 Å². The first-order valence-corrected chi connectivity index (χ1v) is 6.00. The standard InChI is InChI=1S/C12H18BrNO2/c1-8-4-10(13)5-9(11(8)15)6-14-7-12(2,3)16/h4-5,14-16H,6-7H2,1-3H3. The third kappa shape index (κ3) is 4.12. The Morgan fingerprint density at radius 3 is 2.56 bits per heavy atom. The van der Waals surface area contributed by atoms with Crippen molar-refractivity contribution in [3.8, 4) is 5.75 Å². The highest BCUT2D eigenvalue weighted by atomic mass is 79.9. The number of halogens is 1. The van der Waals surface area contributed by atoms with Crippen LogP contribution in [0.15, 0.2) is 16.6 Å². The van der Waals surface area contributed by atoms with Crippen LogP contribution in [-0.4, -0.2) is 22.4 Å². The Bertz CT molecular complexity index is 372. The van der Waals surface area contributed by atoms with E-state index in [-0.39, 0.29) is 0 Å². The van der Waals surface area contributed by atoms with Crippen molar-refractivity contribution in [3.63, 3.8) is 0 Å². The predicted octanol–water partition coefficient (Wildman–Crippen LogP) is 2.32. The summed E-state index contributed by atoms with van der Waals surface area (Å²) in [5.41, 5.74) is 0.932. The summed E-state index contributed by atoms with van der Waals surface area (Å²) >= 11 is 3.39. The Morgan fingerprint density at radius 1 is 1.38 bits per heavy atom. The fraction of sp³-hybridized carbons (Fsp3) is 0.500. The summed E-state index contributed by atoms with van der Waals surface area (Å²) in [6.45, 7) is 6.37. The molecule has 0 saturated carbocycles. The van der Waals surface area contributed by atoms with Crippen LogP contribution < -0.4 is 5.32 Å². The quantitative estimate of drug-likeness (QED) is 0.797. The van der Waals surface area contributed by atoms with Crippen molar-refractivity contribution < 1.29 is 10.2 Å². The second-order valence-electron chi connectivity index (χ2n) is 4.65. The van der Waals surface area contributed by atoms with E-state index in [9.17, 15) is 10.2 Å². The summed E-state index contributed by atoms with van der Waals surface area (Å²) in [6.07, 6.45) is 0. The van der Waals surface area contributed by atoms with Crippen molar-refractivity contribution in [1.29, 1.82) is 0 Å². The molecule has 0 spiro atoms. The molecule has 3 nitrogen and oxygen atoms in total. The Hall–Kier alpha value is -0.580. The van der Waals surface area contributed by atoms with Gasteiger partial charge in [0.1, 0.15) is 5.75 Å². The van der Waals surface area contributed by atoms with Crippen LogP contribution in [0.2, 0.25) is 0 Å². The average Bonchev–Trinajstić information content (AvgIpc) is 2.11. The lowest BCUT2D eigenvalue weighted by atomic mass is 10.1. The minimum atomic E-state index is -0.739. The zero-order valence-electron chi connectivity index (χ0n) is 9.84. The maximum Gasteiger partial charge on any atom is 0.123 e. The zero-order valence-corrected chi connectivity index (χ0v) is 11.4. The number of hydrogen-bond acceptors (Lipinski definition) is 3. The second kappa shape index (κ2) is 5.17. The molecule has 0 aromatic heterocycles. The highest BCUT2D eigenvalue weighted by Crippen LogP contribution is 2.26. The van der Waals surface area contributed by atoms with Gasteiger partial charge in [0.25, 0.3) is 0 Å². The Labute approximate surface area is 105 Å². The van der Waals surface area contributed by atoms with Crippen molar-refractivity contribution in [1.82, 2.24) is 5.32 Å². The van der Waals surface area contributed by atoms with Gasteiger partial charge in [0, 0.05) is 23.1 Å². The van der Waals surface area contributed by atoms with Gasteiger partial charge in [-0.15, -0.1) is 0 Å². The second-order valence-corrected chi connectivity index (χ2v) is 5.56. The number of phenols is 1. The first-order valence-electron chi connectivity index (χ1n) is 5.21. The first-order chi connectivity index (χ1) is 7.29. The van der Waals surface area contributed by atoms with Crippen LogP contribution in [0.4, 0.5) is 0 Å². The number of aryl methyl sites for hydroxylation is 1. The van der Waals surface area contributed by atoms with Crippen molar-refractivity contribution in [2.45, 2.75) is 32.9 Å².